The number of carbonyl (C=O) groups is 2. The van der Waals surface area contributed by atoms with Crippen LogP contribution < -0.4 is 5.32 Å². The van der Waals surface area contributed by atoms with E-state index in [1.54, 1.807) is 18.2 Å². The van der Waals surface area contributed by atoms with Gasteiger partial charge in [-0.1, -0.05) is 12.1 Å². The molecule has 0 saturated heterocycles. The number of rotatable bonds is 1. The molecule has 0 saturated carbocycles. The fourth-order valence-corrected chi connectivity index (χ4v) is 1.69. The van der Waals surface area contributed by atoms with Crippen LogP contribution in [0.4, 0.5) is 0 Å². The monoisotopic (exact) mass is 215 g/mol. The van der Waals surface area contributed by atoms with Crippen molar-refractivity contribution in [3.05, 3.63) is 29.3 Å². The van der Waals surface area contributed by atoms with Gasteiger partial charge in [-0.05, 0) is 16.5 Å². The number of H-pyrrole nitrogens is 1. The van der Waals surface area contributed by atoms with Crippen LogP contribution >= 0.6 is 0 Å². The molecule has 2 heterocycles. The number of aromatic amines is 1. The normalized spacial score (nSPS) is 13.8. The largest absolute Gasteiger partial charge is 0.288 e. The topological polar surface area (TPSA) is 101 Å². The Kier molecular flexibility index (Phi) is 1.61. The summed E-state index contributed by atoms with van der Waals surface area (Å²) < 4.78 is 0. The third kappa shape index (κ3) is 1.05. The first-order valence-electron chi connectivity index (χ1n) is 4.50. The summed E-state index contributed by atoms with van der Waals surface area (Å²) in [5.41, 5.74) is 1.18. The molecule has 0 unspecified atom stereocenters. The second-order valence-electron chi connectivity index (χ2n) is 3.26. The van der Waals surface area contributed by atoms with Crippen LogP contribution in [-0.2, 0) is 0 Å². The Bertz CT molecular complexity index is 590. The quantitative estimate of drug-likeness (QED) is 0.639. The van der Waals surface area contributed by atoms with Crippen molar-refractivity contribution in [1.29, 1.82) is 0 Å². The summed E-state index contributed by atoms with van der Waals surface area (Å²) in [5.74, 6) is -0.456. The van der Waals surface area contributed by atoms with Crippen molar-refractivity contribution in [2.75, 3.05) is 0 Å². The molecule has 1 aliphatic rings. The van der Waals surface area contributed by atoms with Crippen LogP contribution in [0, 0.1) is 0 Å². The minimum Gasteiger partial charge on any atom is -0.288 e. The summed E-state index contributed by atoms with van der Waals surface area (Å²) in [6.45, 7) is 0. The van der Waals surface area contributed by atoms with Crippen molar-refractivity contribution in [3.8, 4) is 11.4 Å². The second kappa shape index (κ2) is 2.96. The van der Waals surface area contributed by atoms with Crippen molar-refractivity contribution in [2.24, 2.45) is 0 Å². The molecule has 0 spiro atoms. The predicted molar refractivity (Wildman–Crippen MR) is 51.4 cm³/mol. The van der Waals surface area contributed by atoms with Gasteiger partial charge in [0.25, 0.3) is 11.8 Å². The van der Waals surface area contributed by atoms with Crippen LogP contribution in [0.5, 0.6) is 0 Å². The summed E-state index contributed by atoms with van der Waals surface area (Å²) in [4.78, 5) is 23.0. The van der Waals surface area contributed by atoms with E-state index in [4.69, 9.17) is 0 Å². The minimum absolute atomic E-state index is 0.311. The van der Waals surface area contributed by atoms with Gasteiger partial charge in [-0.25, -0.2) is 5.10 Å². The molecule has 0 fully saturated rings. The average molecular weight is 215 g/mol. The molecule has 1 aromatic heterocycles. The molecule has 0 aliphatic carbocycles. The fraction of sp³-hybridized carbons (Fsp3) is 0. The van der Waals surface area contributed by atoms with Crippen LogP contribution in [0.1, 0.15) is 20.7 Å². The van der Waals surface area contributed by atoms with Crippen molar-refractivity contribution in [1.82, 2.24) is 25.9 Å². The van der Waals surface area contributed by atoms with Gasteiger partial charge in [0.1, 0.15) is 0 Å². The summed E-state index contributed by atoms with van der Waals surface area (Å²) in [7, 11) is 0. The van der Waals surface area contributed by atoms with Crippen molar-refractivity contribution in [3.63, 3.8) is 0 Å². The molecule has 0 radical (unpaired) electrons. The van der Waals surface area contributed by atoms with Crippen molar-refractivity contribution >= 4 is 11.8 Å². The smallest absolute Gasteiger partial charge is 0.259 e. The first-order valence-corrected chi connectivity index (χ1v) is 4.50. The Morgan fingerprint density at radius 3 is 2.62 bits per heavy atom. The highest BCUT2D eigenvalue weighted by Gasteiger charge is 2.30. The Hall–Kier alpha value is -2.57. The second-order valence-corrected chi connectivity index (χ2v) is 3.26. The molecule has 2 aromatic rings. The van der Waals surface area contributed by atoms with E-state index in [0.29, 0.717) is 22.5 Å². The highest BCUT2D eigenvalue weighted by molar-refractivity contribution is 6.23. The number of carbonyl (C=O) groups excluding carboxylic acids is 2. The molecule has 1 aliphatic heterocycles. The van der Waals surface area contributed by atoms with E-state index in [-0.39, 0.29) is 0 Å². The third-order valence-electron chi connectivity index (χ3n) is 2.36. The molecule has 2 amide bonds. The van der Waals surface area contributed by atoms with Gasteiger partial charge in [0.05, 0.1) is 11.1 Å². The zero-order valence-corrected chi connectivity index (χ0v) is 7.89. The van der Waals surface area contributed by atoms with Gasteiger partial charge >= 0.3 is 0 Å². The lowest BCUT2D eigenvalue weighted by Gasteiger charge is -2.00. The predicted octanol–water partition coefficient (Wildman–Crippen LogP) is -0.250. The van der Waals surface area contributed by atoms with Gasteiger partial charge in [-0.3, -0.25) is 14.9 Å². The van der Waals surface area contributed by atoms with E-state index in [1.165, 1.54) is 0 Å². The third-order valence-corrected chi connectivity index (χ3v) is 2.36. The highest BCUT2D eigenvalue weighted by atomic mass is 16.2. The average Bonchev–Trinajstić information content (AvgIpc) is 2.88. The standard InChI is InChI=1S/C9H5N5O2/c15-8-5-3-1-2-4(6(5)9(16)10-8)7-11-13-14-12-7/h1-3H,(H,10,15,16)(H,11,12,13,14). The van der Waals surface area contributed by atoms with Gasteiger partial charge < -0.3 is 0 Å². The Morgan fingerprint density at radius 1 is 1.06 bits per heavy atom. The molecule has 0 atom stereocenters. The maximum Gasteiger partial charge on any atom is 0.259 e. The molecular formula is C9H5N5O2. The zero-order chi connectivity index (χ0) is 11.1. The molecule has 7 heteroatoms. The molecule has 3 rings (SSSR count). The van der Waals surface area contributed by atoms with Gasteiger partial charge in [0, 0.05) is 5.56 Å². The van der Waals surface area contributed by atoms with Crippen LogP contribution in [0.25, 0.3) is 11.4 Å². The molecule has 1 aromatic carbocycles. The summed E-state index contributed by atoms with van der Waals surface area (Å²) >= 11 is 0. The number of tetrazole rings is 1. The first kappa shape index (κ1) is 8.72. The summed E-state index contributed by atoms with van der Waals surface area (Å²) in [6, 6.07) is 4.94. The number of aromatic nitrogens is 4. The lowest BCUT2D eigenvalue weighted by atomic mass is 10.0. The van der Waals surface area contributed by atoms with Crippen LogP contribution in [0.15, 0.2) is 18.2 Å². The van der Waals surface area contributed by atoms with Gasteiger partial charge in [0.2, 0.25) is 0 Å². The number of nitrogens with one attached hydrogen (secondary N) is 2. The highest BCUT2D eigenvalue weighted by Crippen LogP contribution is 2.25. The van der Waals surface area contributed by atoms with Crippen LogP contribution in [-0.4, -0.2) is 32.4 Å². The number of benzene rings is 1. The van der Waals surface area contributed by atoms with E-state index in [0.717, 1.165) is 0 Å². The van der Waals surface area contributed by atoms with E-state index in [1.807, 2.05) is 0 Å². The number of hydrogen-bond donors (Lipinski definition) is 2. The zero-order valence-electron chi connectivity index (χ0n) is 7.89. The molecule has 7 nitrogen and oxygen atoms in total. The SMILES string of the molecule is O=C1NC(=O)c2c1cccc2-c1nnn[nH]1. The number of hydrogen-bond acceptors (Lipinski definition) is 5. The maximum absolute atomic E-state index is 11.6. The number of amides is 2. The summed E-state index contributed by atoms with van der Waals surface area (Å²) in [6.07, 6.45) is 0. The number of nitrogens with zero attached hydrogens (tertiary/aromatic N) is 3. The molecule has 16 heavy (non-hydrogen) atoms. The Morgan fingerprint density at radius 2 is 1.88 bits per heavy atom. The van der Waals surface area contributed by atoms with Gasteiger partial charge in [-0.15, -0.1) is 5.10 Å². The maximum atomic E-state index is 11.6. The van der Waals surface area contributed by atoms with Crippen molar-refractivity contribution in [2.45, 2.75) is 0 Å². The van der Waals surface area contributed by atoms with E-state index in [2.05, 4.69) is 25.9 Å². The lowest BCUT2D eigenvalue weighted by Crippen LogP contribution is -2.20. The Labute approximate surface area is 88.9 Å². The number of fused-ring (bicyclic) bond motifs is 1. The lowest BCUT2D eigenvalue weighted by molar-refractivity contribution is 0.0880. The van der Waals surface area contributed by atoms with E-state index >= 15 is 0 Å². The van der Waals surface area contributed by atoms with E-state index in [9.17, 15) is 9.59 Å². The first-order chi connectivity index (χ1) is 7.77. The van der Waals surface area contributed by atoms with Crippen LogP contribution in [0.3, 0.4) is 0 Å². The van der Waals surface area contributed by atoms with Crippen LogP contribution in [0.2, 0.25) is 0 Å². The molecule has 0 bridgehead atoms. The van der Waals surface area contributed by atoms with Crippen molar-refractivity contribution < 1.29 is 9.59 Å². The minimum atomic E-state index is -0.424. The molecular weight excluding hydrogens is 210 g/mol. The van der Waals surface area contributed by atoms with Gasteiger partial charge in [0.15, 0.2) is 5.82 Å². The van der Waals surface area contributed by atoms with E-state index < -0.39 is 11.8 Å². The molecule has 2 N–H and O–H groups in total. The number of imide groups is 1. The fourth-order valence-electron chi connectivity index (χ4n) is 1.69. The van der Waals surface area contributed by atoms with Gasteiger partial charge in [-0.2, -0.15) is 0 Å². The summed E-state index contributed by atoms with van der Waals surface area (Å²) in [5, 5.41) is 15.4. The molecule has 78 valence electrons. The Balaban J connectivity index is 2.30.